The van der Waals surface area contributed by atoms with Crippen LogP contribution in [0.25, 0.3) is 11.0 Å². The highest BCUT2D eigenvalue weighted by molar-refractivity contribution is 5.99. The Labute approximate surface area is 146 Å². The zero-order valence-electron chi connectivity index (χ0n) is 14.8. The van der Waals surface area contributed by atoms with Crippen LogP contribution in [0, 0.1) is 13.8 Å². The number of benzene rings is 1. The molecule has 3 rings (SSSR count). The molecule has 25 heavy (non-hydrogen) atoms. The van der Waals surface area contributed by atoms with E-state index in [9.17, 15) is 4.79 Å². The summed E-state index contributed by atoms with van der Waals surface area (Å²) in [5.74, 6) is 0.116. The molecule has 6 heteroatoms. The second kappa shape index (κ2) is 7.53. The summed E-state index contributed by atoms with van der Waals surface area (Å²) in [4.78, 5) is 12.5. The van der Waals surface area contributed by atoms with Gasteiger partial charge in [0, 0.05) is 36.8 Å². The quantitative estimate of drug-likeness (QED) is 0.670. The minimum Gasteiger partial charge on any atom is -0.451 e. The van der Waals surface area contributed by atoms with E-state index in [0.717, 1.165) is 35.3 Å². The summed E-state index contributed by atoms with van der Waals surface area (Å²) in [5.41, 5.74) is 3.62. The Morgan fingerprint density at radius 2 is 2.12 bits per heavy atom. The molecule has 2 heterocycles. The molecule has 0 fully saturated rings. The van der Waals surface area contributed by atoms with Crippen molar-refractivity contribution in [1.82, 2.24) is 15.1 Å². The van der Waals surface area contributed by atoms with Gasteiger partial charge >= 0.3 is 0 Å². The predicted octanol–water partition coefficient (Wildman–Crippen LogP) is 3.21. The fourth-order valence-corrected chi connectivity index (χ4v) is 2.98. The lowest BCUT2D eigenvalue weighted by Gasteiger charge is -2.06. The molecule has 3 aromatic rings. The van der Waals surface area contributed by atoms with Gasteiger partial charge in [-0.2, -0.15) is 5.10 Å². The topological polar surface area (TPSA) is 69.3 Å². The van der Waals surface area contributed by atoms with E-state index < -0.39 is 0 Å². The van der Waals surface area contributed by atoms with E-state index in [2.05, 4.69) is 10.4 Å². The van der Waals surface area contributed by atoms with Crippen molar-refractivity contribution in [3.63, 3.8) is 0 Å². The molecule has 1 N–H and O–H groups in total. The fourth-order valence-electron chi connectivity index (χ4n) is 2.98. The molecule has 0 aliphatic heterocycles. The van der Waals surface area contributed by atoms with E-state index in [-0.39, 0.29) is 5.91 Å². The second-order valence-electron chi connectivity index (χ2n) is 6.10. The lowest BCUT2D eigenvalue weighted by Crippen LogP contribution is -2.26. The van der Waals surface area contributed by atoms with Gasteiger partial charge in [0.15, 0.2) is 5.76 Å². The number of fused-ring (bicyclic) bond motifs is 1. The maximum Gasteiger partial charge on any atom is 0.287 e. The Bertz CT molecular complexity index is 879. The normalized spacial score (nSPS) is 11.2. The summed E-state index contributed by atoms with van der Waals surface area (Å²) >= 11 is 0. The number of rotatable bonds is 7. The third-order valence-corrected chi connectivity index (χ3v) is 4.13. The molecule has 0 radical (unpaired) electrons. The average molecular weight is 341 g/mol. The summed E-state index contributed by atoms with van der Waals surface area (Å²) in [6.45, 7) is 5.67. The molecule has 1 aromatic carbocycles. The van der Waals surface area contributed by atoms with E-state index in [1.54, 1.807) is 7.11 Å². The molecule has 6 nitrogen and oxygen atoms in total. The van der Waals surface area contributed by atoms with Crippen LogP contribution in [0.5, 0.6) is 0 Å². The molecule has 0 saturated heterocycles. The van der Waals surface area contributed by atoms with Crippen LogP contribution in [0.1, 0.15) is 33.9 Å². The van der Waals surface area contributed by atoms with Gasteiger partial charge in [-0.15, -0.1) is 0 Å². The summed E-state index contributed by atoms with van der Waals surface area (Å²) in [6, 6.07) is 9.65. The minimum atomic E-state index is -0.211. The van der Waals surface area contributed by atoms with Crippen LogP contribution in [-0.4, -0.2) is 29.3 Å². The van der Waals surface area contributed by atoms with Crippen LogP contribution < -0.4 is 5.32 Å². The number of nitrogens with zero attached hydrogens (tertiary/aromatic N) is 2. The second-order valence-corrected chi connectivity index (χ2v) is 6.10. The molecule has 132 valence electrons. The summed E-state index contributed by atoms with van der Waals surface area (Å²) in [7, 11) is 1.61. The molecule has 0 atom stereocenters. The molecule has 1 amide bonds. The zero-order chi connectivity index (χ0) is 17.8. The number of hydrogen-bond acceptors (Lipinski definition) is 4. The number of aromatic nitrogens is 2. The van der Waals surface area contributed by atoms with Gasteiger partial charge in [0.2, 0.25) is 0 Å². The molecule has 0 bridgehead atoms. The first-order valence-corrected chi connectivity index (χ1v) is 8.38. The Morgan fingerprint density at radius 1 is 1.32 bits per heavy atom. The minimum absolute atomic E-state index is 0.211. The molecular formula is C19H23N3O3. The summed E-state index contributed by atoms with van der Waals surface area (Å²) in [5, 5.41) is 8.26. The number of carbonyl (C=O) groups is 1. The SMILES string of the molecule is COCc1c(C(=O)NCCCn2nc(C)cc2C)oc2ccccc12. The number of para-hydroxylation sites is 1. The molecule has 2 aromatic heterocycles. The van der Waals surface area contributed by atoms with Crippen molar-refractivity contribution in [3.8, 4) is 0 Å². The Hall–Kier alpha value is -2.60. The van der Waals surface area contributed by atoms with Crippen molar-refractivity contribution in [1.29, 1.82) is 0 Å². The van der Waals surface area contributed by atoms with Crippen molar-refractivity contribution < 1.29 is 13.9 Å². The van der Waals surface area contributed by atoms with Gasteiger partial charge in [-0.25, -0.2) is 0 Å². The van der Waals surface area contributed by atoms with E-state index in [4.69, 9.17) is 9.15 Å². The van der Waals surface area contributed by atoms with Crippen molar-refractivity contribution in [2.24, 2.45) is 0 Å². The van der Waals surface area contributed by atoms with Crippen LogP contribution in [0.2, 0.25) is 0 Å². The standard InChI is InChI=1S/C19H23N3O3/c1-13-11-14(2)22(21-13)10-6-9-20-19(23)18-16(12-24-3)15-7-4-5-8-17(15)25-18/h4-5,7-8,11H,6,9-10,12H2,1-3H3,(H,20,23). The highest BCUT2D eigenvalue weighted by Crippen LogP contribution is 2.26. The Morgan fingerprint density at radius 3 is 2.84 bits per heavy atom. The number of methoxy groups -OCH3 is 1. The summed E-state index contributed by atoms with van der Waals surface area (Å²) < 4.78 is 12.9. The number of nitrogens with one attached hydrogen (secondary N) is 1. The van der Waals surface area contributed by atoms with E-state index in [0.29, 0.717) is 24.5 Å². The molecule has 0 saturated carbocycles. The highest BCUT2D eigenvalue weighted by atomic mass is 16.5. The van der Waals surface area contributed by atoms with E-state index >= 15 is 0 Å². The first-order chi connectivity index (χ1) is 12.1. The molecular weight excluding hydrogens is 318 g/mol. The maximum absolute atomic E-state index is 12.5. The first-order valence-electron chi connectivity index (χ1n) is 8.38. The number of aryl methyl sites for hydroxylation is 3. The predicted molar refractivity (Wildman–Crippen MR) is 95.6 cm³/mol. The van der Waals surface area contributed by atoms with Gasteiger partial charge in [0.05, 0.1) is 12.3 Å². The lowest BCUT2D eigenvalue weighted by molar-refractivity contribution is 0.0920. The number of ether oxygens (including phenoxy) is 1. The van der Waals surface area contributed by atoms with Crippen LogP contribution >= 0.6 is 0 Å². The number of carbonyl (C=O) groups excluding carboxylic acids is 1. The number of furan rings is 1. The molecule has 0 aliphatic rings. The van der Waals surface area contributed by atoms with Crippen molar-refractivity contribution in [2.75, 3.05) is 13.7 Å². The average Bonchev–Trinajstić information content (AvgIpc) is 3.12. The third-order valence-electron chi connectivity index (χ3n) is 4.13. The monoisotopic (exact) mass is 341 g/mol. The van der Waals surface area contributed by atoms with Gasteiger partial charge in [-0.3, -0.25) is 9.48 Å². The Kier molecular flexibility index (Phi) is 5.19. The van der Waals surface area contributed by atoms with Crippen LogP contribution in [-0.2, 0) is 17.9 Å². The van der Waals surface area contributed by atoms with Gasteiger partial charge in [0.25, 0.3) is 5.91 Å². The van der Waals surface area contributed by atoms with Gasteiger partial charge in [0.1, 0.15) is 5.58 Å². The fraction of sp³-hybridized carbons (Fsp3) is 0.368. The van der Waals surface area contributed by atoms with Crippen LogP contribution in [0.3, 0.4) is 0 Å². The number of hydrogen-bond donors (Lipinski definition) is 1. The lowest BCUT2D eigenvalue weighted by atomic mass is 10.1. The first kappa shape index (κ1) is 17.2. The molecule has 0 spiro atoms. The van der Waals surface area contributed by atoms with Crippen LogP contribution in [0.15, 0.2) is 34.7 Å². The van der Waals surface area contributed by atoms with Gasteiger partial charge in [-0.05, 0) is 32.4 Å². The summed E-state index contributed by atoms with van der Waals surface area (Å²) in [6.07, 6.45) is 0.799. The van der Waals surface area contributed by atoms with E-state index in [1.165, 1.54) is 0 Å². The zero-order valence-corrected chi connectivity index (χ0v) is 14.8. The largest absolute Gasteiger partial charge is 0.451 e. The number of amides is 1. The maximum atomic E-state index is 12.5. The van der Waals surface area contributed by atoms with Gasteiger partial charge in [-0.1, -0.05) is 18.2 Å². The van der Waals surface area contributed by atoms with Crippen molar-refractivity contribution >= 4 is 16.9 Å². The van der Waals surface area contributed by atoms with Crippen molar-refractivity contribution in [2.45, 2.75) is 33.4 Å². The van der Waals surface area contributed by atoms with Crippen LogP contribution in [0.4, 0.5) is 0 Å². The Balaban J connectivity index is 1.64. The molecule has 0 unspecified atom stereocenters. The van der Waals surface area contributed by atoms with Crippen molar-refractivity contribution in [3.05, 3.63) is 53.0 Å². The van der Waals surface area contributed by atoms with E-state index in [1.807, 2.05) is 48.9 Å². The molecule has 0 aliphatic carbocycles. The van der Waals surface area contributed by atoms with Gasteiger partial charge < -0.3 is 14.5 Å². The highest BCUT2D eigenvalue weighted by Gasteiger charge is 2.19. The third kappa shape index (κ3) is 3.74. The smallest absolute Gasteiger partial charge is 0.287 e.